The number of hydrogen-bond acceptors (Lipinski definition) is 4. The summed E-state index contributed by atoms with van der Waals surface area (Å²) in [4.78, 5) is 4.96. The predicted octanol–water partition coefficient (Wildman–Crippen LogP) is 1.32. The van der Waals surface area contributed by atoms with Gasteiger partial charge in [0.1, 0.15) is 0 Å². The highest BCUT2D eigenvalue weighted by molar-refractivity contribution is 5.24. The van der Waals surface area contributed by atoms with E-state index < -0.39 is 0 Å². The van der Waals surface area contributed by atoms with Crippen molar-refractivity contribution in [2.24, 2.45) is 7.05 Å². The molecule has 0 saturated carbocycles. The Morgan fingerprint density at radius 2 is 1.95 bits per heavy atom. The molecule has 5 heteroatoms. The molecule has 5 nitrogen and oxygen atoms in total. The van der Waals surface area contributed by atoms with Gasteiger partial charge >= 0.3 is 0 Å². The van der Waals surface area contributed by atoms with Gasteiger partial charge in [-0.05, 0) is 53.2 Å². The van der Waals surface area contributed by atoms with Crippen molar-refractivity contribution in [1.82, 2.24) is 19.6 Å². The Hall–Kier alpha value is -0.910. The van der Waals surface area contributed by atoms with Crippen LogP contribution >= 0.6 is 0 Å². The van der Waals surface area contributed by atoms with Crippen LogP contribution in [0.4, 0.5) is 0 Å². The van der Waals surface area contributed by atoms with Crippen molar-refractivity contribution in [2.75, 3.05) is 33.3 Å². The largest absolute Gasteiger partial charge is 0.396 e. The monoisotopic (exact) mass is 294 g/mol. The van der Waals surface area contributed by atoms with E-state index in [1.165, 1.54) is 24.1 Å². The molecule has 0 bridgehead atoms. The van der Waals surface area contributed by atoms with Gasteiger partial charge in [-0.1, -0.05) is 0 Å². The minimum absolute atomic E-state index is 0.294. The van der Waals surface area contributed by atoms with Crippen molar-refractivity contribution < 1.29 is 5.11 Å². The first kappa shape index (κ1) is 16.5. The van der Waals surface area contributed by atoms with Gasteiger partial charge in [-0.3, -0.25) is 9.58 Å². The third-order valence-corrected chi connectivity index (χ3v) is 4.89. The molecule has 21 heavy (non-hydrogen) atoms. The summed E-state index contributed by atoms with van der Waals surface area (Å²) in [7, 11) is 4.21. The Labute approximate surface area is 128 Å². The average molecular weight is 294 g/mol. The van der Waals surface area contributed by atoms with Crippen molar-refractivity contribution in [3.63, 3.8) is 0 Å². The zero-order valence-electron chi connectivity index (χ0n) is 14.0. The second kappa shape index (κ2) is 7.38. The molecule has 1 aliphatic heterocycles. The quantitative estimate of drug-likeness (QED) is 0.859. The van der Waals surface area contributed by atoms with Crippen LogP contribution in [-0.2, 0) is 13.6 Å². The molecule has 2 heterocycles. The molecular weight excluding hydrogens is 264 g/mol. The molecule has 1 aromatic rings. The van der Waals surface area contributed by atoms with Gasteiger partial charge in [0.05, 0.1) is 5.69 Å². The summed E-state index contributed by atoms with van der Waals surface area (Å²) in [6.07, 6.45) is 3.32. The van der Waals surface area contributed by atoms with Crippen molar-refractivity contribution in [3.8, 4) is 0 Å². The lowest BCUT2D eigenvalue weighted by Crippen LogP contribution is -2.43. The highest BCUT2D eigenvalue weighted by Gasteiger charge is 2.23. The summed E-state index contributed by atoms with van der Waals surface area (Å²) in [6, 6.07) is 0.670. The van der Waals surface area contributed by atoms with Gasteiger partial charge in [0, 0.05) is 44.0 Å². The molecule has 1 fully saturated rings. The van der Waals surface area contributed by atoms with E-state index in [9.17, 15) is 0 Å². The SMILES string of the molecule is Cc1nn(C)c(C)c1CN1CCC(N(C)CCCO)CC1. The van der Waals surface area contributed by atoms with Gasteiger partial charge < -0.3 is 10.0 Å². The molecule has 0 aliphatic carbocycles. The lowest BCUT2D eigenvalue weighted by molar-refractivity contribution is 0.117. The molecule has 1 saturated heterocycles. The topological polar surface area (TPSA) is 44.5 Å². The van der Waals surface area contributed by atoms with Gasteiger partial charge in [0.25, 0.3) is 0 Å². The maximum atomic E-state index is 8.93. The number of hydrogen-bond donors (Lipinski definition) is 1. The third kappa shape index (κ3) is 4.05. The first-order valence-electron chi connectivity index (χ1n) is 8.05. The normalized spacial score (nSPS) is 17.8. The second-order valence-electron chi connectivity index (χ2n) is 6.34. The maximum Gasteiger partial charge on any atom is 0.0641 e. The molecule has 0 amide bonds. The van der Waals surface area contributed by atoms with Gasteiger partial charge in [-0.25, -0.2) is 0 Å². The minimum atomic E-state index is 0.294. The summed E-state index contributed by atoms with van der Waals surface area (Å²) in [5.41, 5.74) is 3.84. The number of nitrogens with zero attached hydrogens (tertiary/aromatic N) is 4. The Morgan fingerprint density at radius 1 is 1.29 bits per heavy atom. The Kier molecular flexibility index (Phi) is 5.79. The van der Waals surface area contributed by atoms with Crippen molar-refractivity contribution in [3.05, 3.63) is 17.0 Å². The van der Waals surface area contributed by atoms with E-state index in [-0.39, 0.29) is 0 Å². The first-order chi connectivity index (χ1) is 10.0. The van der Waals surface area contributed by atoms with Crippen molar-refractivity contribution >= 4 is 0 Å². The van der Waals surface area contributed by atoms with Crippen LogP contribution in [0.3, 0.4) is 0 Å². The molecule has 0 spiro atoms. The maximum absolute atomic E-state index is 8.93. The number of likely N-dealkylation sites (tertiary alicyclic amines) is 1. The van der Waals surface area contributed by atoms with Crippen LogP contribution in [0.25, 0.3) is 0 Å². The molecule has 0 unspecified atom stereocenters. The zero-order chi connectivity index (χ0) is 15.4. The first-order valence-corrected chi connectivity index (χ1v) is 8.05. The lowest BCUT2D eigenvalue weighted by atomic mass is 10.0. The van der Waals surface area contributed by atoms with Crippen LogP contribution in [0.2, 0.25) is 0 Å². The molecule has 1 N–H and O–H groups in total. The molecule has 1 aromatic heterocycles. The van der Waals surface area contributed by atoms with E-state index in [0.717, 1.165) is 38.3 Å². The summed E-state index contributed by atoms with van der Waals surface area (Å²) < 4.78 is 1.99. The van der Waals surface area contributed by atoms with Gasteiger partial charge in [-0.15, -0.1) is 0 Å². The van der Waals surface area contributed by atoms with E-state index in [2.05, 4.69) is 35.8 Å². The summed E-state index contributed by atoms with van der Waals surface area (Å²) in [5.74, 6) is 0. The molecular formula is C16H30N4O. The molecule has 0 aromatic carbocycles. The summed E-state index contributed by atoms with van der Waals surface area (Å²) >= 11 is 0. The van der Waals surface area contributed by atoms with E-state index in [1.807, 2.05) is 11.7 Å². The fourth-order valence-electron chi connectivity index (χ4n) is 3.29. The van der Waals surface area contributed by atoms with Crippen molar-refractivity contribution in [1.29, 1.82) is 0 Å². The Bertz CT molecular complexity index is 449. The second-order valence-corrected chi connectivity index (χ2v) is 6.34. The zero-order valence-corrected chi connectivity index (χ0v) is 14.0. The number of aromatic nitrogens is 2. The fraction of sp³-hybridized carbons (Fsp3) is 0.812. The smallest absolute Gasteiger partial charge is 0.0641 e. The summed E-state index contributed by atoms with van der Waals surface area (Å²) in [5, 5.41) is 13.4. The number of piperidine rings is 1. The van der Waals surface area contributed by atoms with Crippen LogP contribution < -0.4 is 0 Å². The highest BCUT2D eigenvalue weighted by atomic mass is 16.3. The average Bonchev–Trinajstić information content (AvgIpc) is 2.72. The standard InChI is InChI=1S/C16H30N4O/c1-13-16(14(2)19(4)17-13)12-20-9-6-15(7-10-20)18(3)8-5-11-21/h15,21H,5-12H2,1-4H3. The van der Waals surface area contributed by atoms with Crippen LogP contribution in [0.15, 0.2) is 0 Å². The Balaban J connectivity index is 1.84. The van der Waals surface area contributed by atoms with Crippen LogP contribution in [0, 0.1) is 13.8 Å². The fourth-order valence-corrected chi connectivity index (χ4v) is 3.29. The molecule has 120 valence electrons. The number of aliphatic hydroxyl groups excluding tert-OH is 1. The Morgan fingerprint density at radius 3 is 2.48 bits per heavy atom. The lowest BCUT2D eigenvalue weighted by Gasteiger charge is -2.36. The third-order valence-electron chi connectivity index (χ3n) is 4.89. The molecule has 0 atom stereocenters. The van der Waals surface area contributed by atoms with Gasteiger partial charge in [0.15, 0.2) is 0 Å². The molecule has 1 aliphatic rings. The molecule has 2 rings (SSSR count). The minimum Gasteiger partial charge on any atom is -0.396 e. The van der Waals surface area contributed by atoms with E-state index >= 15 is 0 Å². The van der Waals surface area contributed by atoms with Gasteiger partial charge in [-0.2, -0.15) is 5.10 Å². The summed E-state index contributed by atoms with van der Waals surface area (Å²) in [6.45, 7) is 8.90. The van der Waals surface area contributed by atoms with E-state index in [4.69, 9.17) is 5.11 Å². The van der Waals surface area contributed by atoms with Crippen LogP contribution in [0.1, 0.15) is 36.2 Å². The van der Waals surface area contributed by atoms with E-state index in [0.29, 0.717) is 12.6 Å². The number of aliphatic hydroxyl groups is 1. The van der Waals surface area contributed by atoms with Gasteiger partial charge in [0.2, 0.25) is 0 Å². The predicted molar refractivity (Wildman–Crippen MR) is 85.3 cm³/mol. The number of rotatable bonds is 6. The highest BCUT2D eigenvalue weighted by Crippen LogP contribution is 2.20. The van der Waals surface area contributed by atoms with Crippen LogP contribution in [-0.4, -0.2) is 64.0 Å². The molecule has 0 radical (unpaired) electrons. The number of aryl methyl sites for hydroxylation is 2. The van der Waals surface area contributed by atoms with Crippen LogP contribution in [0.5, 0.6) is 0 Å². The van der Waals surface area contributed by atoms with Crippen molar-refractivity contribution in [2.45, 2.75) is 45.7 Å². The van der Waals surface area contributed by atoms with E-state index in [1.54, 1.807) is 0 Å².